The SMILES string of the molecule is O=NCc1cccnc1. The molecule has 3 heteroatoms. The summed E-state index contributed by atoms with van der Waals surface area (Å²) in [5, 5.41) is 2.72. The van der Waals surface area contributed by atoms with Crippen molar-refractivity contribution in [1.29, 1.82) is 0 Å². The van der Waals surface area contributed by atoms with Crippen molar-refractivity contribution in [2.75, 3.05) is 0 Å². The molecule has 0 aliphatic rings. The zero-order chi connectivity index (χ0) is 6.53. The molecule has 1 heterocycles. The molecule has 0 aliphatic carbocycles. The number of aromatic nitrogens is 1. The summed E-state index contributed by atoms with van der Waals surface area (Å²) < 4.78 is 0. The summed E-state index contributed by atoms with van der Waals surface area (Å²) in [6.07, 6.45) is 3.29. The van der Waals surface area contributed by atoms with Gasteiger partial charge in [0.05, 0.1) is 0 Å². The Morgan fingerprint density at radius 3 is 3.11 bits per heavy atom. The van der Waals surface area contributed by atoms with Crippen molar-refractivity contribution in [2.45, 2.75) is 6.54 Å². The predicted molar refractivity (Wildman–Crippen MR) is 33.7 cm³/mol. The van der Waals surface area contributed by atoms with Gasteiger partial charge in [0.25, 0.3) is 0 Å². The lowest BCUT2D eigenvalue weighted by Gasteiger charge is -1.87. The summed E-state index contributed by atoms with van der Waals surface area (Å²) in [7, 11) is 0. The third-order valence-electron chi connectivity index (χ3n) is 0.970. The first kappa shape index (κ1) is 5.88. The van der Waals surface area contributed by atoms with Gasteiger partial charge in [0.1, 0.15) is 6.54 Å². The van der Waals surface area contributed by atoms with E-state index in [1.165, 1.54) is 0 Å². The minimum atomic E-state index is 0.216. The molecule has 1 aromatic rings. The van der Waals surface area contributed by atoms with Crippen LogP contribution in [0.1, 0.15) is 5.56 Å². The number of hydrogen-bond donors (Lipinski definition) is 0. The van der Waals surface area contributed by atoms with Crippen molar-refractivity contribution in [1.82, 2.24) is 4.98 Å². The Bertz CT molecular complexity index is 186. The average Bonchev–Trinajstić information content (AvgIpc) is 1.91. The van der Waals surface area contributed by atoms with Crippen molar-refractivity contribution >= 4 is 0 Å². The number of rotatable bonds is 2. The molecular formula is C6H6N2O. The van der Waals surface area contributed by atoms with Gasteiger partial charge < -0.3 is 0 Å². The van der Waals surface area contributed by atoms with Crippen molar-refractivity contribution in [2.24, 2.45) is 5.18 Å². The Balaban J connectivity index is 2.72. The molecule has 9 heavy (non-hydrogen) atoms. The quantitative estimate of drug-likeness (QED) is 0.555. The average molecular weight is 122 g/mol. The Hall–Kier alpha value is -1.25. The van der Waals surface area contributed by atoms with E-state index in [9.17, 15) is 4.91 Å². The zero-order valence-electron chi connectivity index (χ0n) is 4.82. The van der Waals surface area contributed by atoms with Crippen molar-refractivity contribution < 1.29 is 0 Å². The van der Waals surface area contributed by atoms with E-state index in [0.717, 1.165) is 5.56 Å². The highest BCUT2D eigenvalue weighted by Gasteiger charge is 1.86. The molecule has 0 aromatic carbocycles. The highest BCUT2D eigenvalue weighted by Crippen LogP contribution is 1.95. The second-order valence-electron chi connectivity index (χ2n) is 1.65. The van der Waals surface area contributed by atoms with E-state index in [2.05, 4.69) is 10.2 Å². The van der Waals surface area contributed by atoms with E-state index >= 15 is 0 Å². The molecule has 3 nitrogen and oxygen atoms in total. The molecule has 0 atom stereocenters. The second-order valence-corrected chi connectivity index (χ2v) is 1.65. The topological polar surface area (TPSA) is 42.3 Å². The Kier molecular flexibility index (Phi) is 1.90. The third kappa shape index (κ3) is 1.60. The summed E-state index contributed by atoms with van der Waals surface area (Å²) >= 11 is 0. The fourth-order valence-corrected chi connectivity index (χ4v) is 0.566. The van der Waals surface area contributed by atoms with Gasteiger partial charge in [-0.3, -0.25) is 4.98 Å². The lowest BCUT2D eigenvalue weighted by molar-refractivity contribution is 1.03. The second kappa shape index (κ2) is 2.91. The highest BCUT2D eigenvalue weighted by molar-refractivity contribution is 5.07. The molecule has 0 amide bonds. The first-order chi connectivity index (χ1) is 4.43. The third-order valence-corrected chi connectivity index (χ3v) is 0.970. The summed E-state index contributed by atoms with van der Waals surface area (Å²) in [6, 6.07) is 3.59. The van der Waals surface area contributed by atoms with Crippen LogP contribution in [0.5, 0.6) is 0 Å². The molecule has 0 N–H and O–H groups in total. The maximum Gasteiger partial charge on any atom is 0.108 e. The van der Waals surface area contributed by atoms with Gasteiger partial charge in [-0.05, 0) is 11.6 Å². The van der Waals surface area contributed by atoms with Gasteiger partial charge in [0.15, 0.2) is 0 Å². The first-order valence-electron chi connectivity index (χ1n) is 2.61. The molecule has 0 spiro atoms. The van der Waals surface area contributed by atoms with Gasteiger partial charge in [0, 0.05) is 12.4 Å². The molecule has 0 fully saturated rings. The van der Waals surface area contributed by atoms with Crippen molar-refractivity contribution in [3.63, 3.8) is 0 Å². The Morgan fingerprint density at radius 2 is 2.56 bits per heavy atom. The van der Waals surface area contributed by atoms with Crippen LogP contribution in [-0.4, -0.2) is 4.98 Å². The highest BCUT2D eigenvalue weighted by atomic mass is 16.3. The molecule has 0 aliphatic heterocycles. The van der Waals surface area contributed by atoms with E-state index in [4.69, 9.17) is 0 Å². The molecule has 46 valence electrons. The van der Waals surface area contributed by atoms with Gasteiger partial charge in [-0.2, -0.15) is 4.91 Å². The van der Waals surface area contributed by atoms with Crippen molar-refractivity contribution in [3.05, 3.63) is 35.0 Å². The largest absolute Gasteiger partial charge is 0.264 e. The van der Waals surface area contributed by atoms with Crippen LogP contribution >= 0.6 is 0 Å². The molecular weight excluding hydrogens is 116 g/mol. The van der Waals surface area contributed by atoms with E-state index in [-0.39, 0.29) is 6.54 Å². The summed E-state index contributed by atoms with van der Waals surface area (Å²) in [5.41, 5.74) is 0.854. The van der Waals surface area contributed by atoms with E-state index < -0.39 is 0 Å². The van der Waals surface area contributed by atoms with Gasteiger partial charge >= 0.3 is 0 Å². The zero-order valence-corrected chi connectivity index (χ0v) is 4.82. The minimum Gasteiger partial charge on any atom is -0.264 e. The van der Waals surface area contributed by atoms with Gasteiger partial charge in [-0.1, -0.05) is 11.2 Å². The van der Waals surface area contributed by atoms with E-state index in [1.54, 1.807) is 18.5 Å². The first-order valence-corrected chi connectivity index (χ1v) is 2.61. The molecule has 1 aromatic heterocycles. The van der Waals surface area contributed by atoms with Crippen molar-refractivity contribution in [3.8, 4) is 0 Å². The maximum absolute atomic E-state index is 9.70. The Morgan fingerprint density at radius 1 is 1.67 bits per heavy atom. The fourth-order valence-electron chi connectivity index (χ4n) is 0.566. The molecule has 0 saturated carbocycles. The molecule has 0 radical (unpaired) electrons. The van der Waals surface area contributed by atoms with Crippen LogP contribution < -0.4 is 0 Å². The van der Waals surface area contributed by atoms with Gasteiger partial charge in [-0.25, -0.2) is 0 Å². The molecule has 0 saturated heterocycles. The van der Waals surface area contributed by atoms with Crippen LogP contribution in [0.3, 0.4) is 0 Å². The smallest absolute Gasteiger partial charge is 0.108 e. The Labute approximate surface area is 52.7 Å². The lowest BCUT2D eigenvalue weighted by Crippen LogP contribution is -1.79. The van der Waals surface area contributed by atoms with Crippen LogP contribution in [0.25, 0.3) is 0 Å². The van der Waals surface area contributed by atoms with Crippen LogP contribution in [0.4, 0.5) is 0 Å². The van der Waals surface area contributed by atoms with Crippen LogP contribution in [-0.2, 0) is 6.54 Å². The fraction of sp³-hybridized carbons (Fsp3) is 0.167. The standard InChI is InChI=1S/C6H6N2O/c9-8-5-6-2-1-3-7-4-6/h1-4H,5H2. The molecule has 0 bridgehead atoms. The van der Waals surface area contributed by atoms with E-state index in [0.29, 0.717) is 0 Å². The van der Waals surface area contributed by atoms with Crippen LogP contribution in [0.15, 0.2) is 29.7 Å². The monoisotopic (exact) mass is 122 g/mol. The molecule has 0 unspecified atom stereocenters. The molecule has 1 rings (SSSR count). The number of hydrogen-bond acceptors (Lipinski definition) is 3. The lowest BCUT2D eigenvalue weighted by atomic mass is 10.3. The number of nitrogens with zero attached hydrogens (tertiary/aromatic N) is 2. The van der Waals surface area contributed by atoms with Crippen LogP contribution in [0.2, 0.25) is 0 Å². The van der Waals surface area contributed by atoms with Crippen LogP contribution in [0, 0.1) is 4.91 Å². The van der Waals surface area contributed by atoms with Gasteiger partial charge in [-0.15, -0.1) is 0 Å². The predicted octanol–water partition coefficient (Wildman–Crippen LogP) is 1.35. The summed E-state index contributed by atoms with van der Waals surface area (Å²) in [6.45, 7) is 0.216. The van der Waals surface area contributed by atoms with Gasteiger partial charge in [0.2, 0.25) is 0 Å². The summed E-state index contributed by atoms with van der Waals surface area (Å²) in [5.74, 6) is 0. The number of pyridine rings is 1. The normalized spacial score (nSPS) is 8.89. The minimum absolute atomic E-state index is 0.216. The number of nitroso groups, excluding NO2 is 1. The maximum atomic E-state index is 9.70. The summed E-state index contributed by atoms with van der Waals surface area (Å²) in [4.78, 5) is 13.5. The van der Waals surface area contributed by atoms with E-state index in [1.807, 2.05) is 6.07 Å².